The van der Waals surface area contributed by atoms with Crippen molar-refractivity contribution in [2.24, 2.45) is 0 Å². The molecule has 0 aliphatic rings. The zero-order valence-corrected chi connectivity index (χ0v) is 14.0. The fraction of sp³-hybridized carbons (Fsp3) is 0.333. The SMILES string of the molecule is C=C(COc1ccccc1C(C)C)[B-](F)(F)F.[K+]. The molecule has 0 fully saturated rings. The monoisotopic (exact) mass is 282 g/mol. The van der Waals surface area contributed by atoms with Gasteiger partial charge in [-0.1, -0.05) is 32.0 Å². The van der Waals surface area contributed by atoms with Crippen LogP contribution in [0.3, 0.4) is 0 Å². The van der Waals surface area contributed by atoms with Gasteiger partial charge in [-0.25, -0.2) is 0 Å². The molecule has 0 bridgehead atoms. The molecule has 0 atom stereocenters. The minimum Gasteiger partial charge on any atom is -0.492 e. The van der Waals surface area contributed by atoms with E-state index < -0.39 is 19.1 Å². The van der Waals surface area contributed by atoms with Crippen LogP contribution in [0.1, 0.15) is 25.3 Å². The third-order valence-corrected chi connectivity index (χ3v) is 2.42. The van der Waals surface area contributed by atoms with Crippen LogP contribution in [-0.2, 0) is 0 Å². The molecule has 0 saturated heterocycles. The summed E-state index contributed by atoms with van der Waals surface area (Å²) >= 11 is 0. The summed E-state index contributed by atoms with van der Waals surface area (Å²) in [6.45, 7) is 1.39. The predicted molar refractivity (Wildman–Crippen MR) is 64.2 cm³/mol. The Hall–Kier alpha value is 0.251. The van der Waals surface area contributed by atoms with Crippen LogP contribution in [0.2, 0.25) is 0 Å². The van der Waals surface area contributed by atoms with Gasteiger partial charge >= 0.3 is 58.4 Å². The first-order chi connectivity index (χ1) is 7.82. The summed E-state index contributed by atoms with van der Waals surface area (Å²) in [5.41, 5.74) is 0.0820. The van der Waals surface area contributed by atoms with E-state index in [2.05, 4.69) is 6.58 Å². The Morgan fingerprint density at radius 2 is 1.83 bits per heavy atom. The molecule has 1 rings (SSSR count). The van der Waals surface area contributed by atoms with E-state index in [0.717, 1.165) is 5.56 Å². The summed E-state index contributed by atoms with van der Waals surface area (Å²) < 4.78 is 42.1. The van der Waals surface area contributed by atoms with Crippen molar-refractivity contribution in [1.29, 1.82) is 0 Å². The van der Waals surface area contributed by atoms with Crippen LogP contribution in [0.25, 0.3) is 0 Å². The molecule has 0 aliphatic heterocycles. The number of para-hydroxylation sites is 1. The number of rotatable bonds is 5. The Labute approximate surface area is 148 Å². The third kappa shape index (κ3) is 5.49. The van der Waals surface area contributed by atoms with Gasteiger partial charge in [-0.2, -0.15) is 0 Å². The van der Waals surface area contributed by atoms with Gasteiger partial charge in [0.05, 0.1) is 6.61 Å². The molecular formula is C12H15BF3KO. The molecule has 0 aromatic heterocycles. The van der Waals surface area contributed by atoms with Crippen molar-refractivity contribution in [2.75, 3.05) is 6.61 Å². The van der Waals surface area contributed by atoms with Crippen molar-refractivity contribution in [3.8, 4) is 5.75 Å². The van der Waals surface area contributed by atoms with Gasteiger partial charge in [-0.05, 0) is 17.5 Å². The molecule has 1 aromatic carbocycles. The fourth-order valence-corrected chi connectivity index (χ4v) is 1.35. The van der Waals surface area contributed by atoms with Crippen molar-refractivity contribution in [3.63, 3.8) is 0 Å². The Bertz CT molecular complexity index is 405. The molecule has 0 radical (unpaired) electrons. The van der Waals surface area contributed by atoms with Crippen molar-refractivity contribution >= 4 is 6.98 Å². The topological polar surface area (TPSA) is 9.23 Å². The third-order valence-electron chi connectivity index (χ3n) is 2.42. The van der Waals surface area contributed by atoms with Gasteiger partial charge in [-0.15, -0.1) is 12.1 Å². The van der Waals surface area contributed by atoms with Crippen LogP contribution in [0.4, 0.5) is 12.9 Å². The van der Waals surface area contributed by atoms with Gasteiger partial charge in [0, 0.05) is 0 Å². The normalized spacial score (nSPS) is 11.0. The summed E-state index contributed by atoms with van der Waals surface area (Å²) in [6.07, 6.45) is 0. The molecular weight excluding hydrogens is 267 g/mol. The van der Waals surface area contributed by atoms with Crippen LogP contribution >= 0.6 is 0 Å². The van der Waals surface area contributed by atoms with Crippen molar-refractivity contribution in [1.82, 2.24) is 0 Å². The summed E-state index contributed by atoms with van der Waals surface area (Å²) in [5, 5.41) is 0. The zero-order valence-electron chi connectivity index (χ0n) is 10.9. The van der Waals surface area contributed by atoms with Crippen molar-refractivity contribution in [2.45, 2.75) is 19.8 Å². The van der Waals surface area contributed by atoms with E-state index in [1.807, 2.05) is 26.0 Å². The Kier molecular flexibility index (Phi) is 7.86. The average Bonchev–Trinajstić information content (AvgIpc) is 2.24. The van der Waals surface area contributed by atoms with Crippen molar-refractivity contribution in [3.05, 3.63) is 41.9 Å². The van der Waals surface area contributed by atoms with Gasteiger partial charge < -0.3 is 17.7 Å². The first-order valence-corrected chi connectivity index (χ1v) is 5.41. The standard InChI is InChI=1S/C12H15BF3O.K/c1-9(2)11-6-4-5-7-12(11)17-8-10(3)13(14,15)16;/h4-7,9H,3,8H2,1-2H3;/q-1;+1. The number of hydrogen-bond donors (Lipinski definition) is 0. The summed E-state index contributed by atoms with van der Waals surface area (Å²) in [7, 11) is 0. The number of benzene rings is 1. The first-order valence-electron chi connectivity index (χ1n) is 5.41. The van der Waals surface area contributed by atoms with Crippen LogP contribution in [0.15, 0.2) is 36.3 Å². The van der Waals surface area contributed by atoms with E-state index in [-0.39, 0.29) is 57.3 Å². The van der Waals surface area contributed by atoms with E-state index in [1.54, 1.807) is 12.1 Å². The van der Waals surface area contributed by atoms with Gasteiger partial charge in [0.2, 0.25) is 0 Å². The second-order valence-electron chi connectivity index (χ2n) is 4.21. The molecule has 0 saturated carbocycles. The second kappa shape index (κ2) is 7.75. The smallest absolute Gasteiger partial charge is 0.492 e. The molecule has 94 valence electrons. The Morgan fingerprint density at radius 3 is 2.33 bits per heavy atom. The Morgan fingerprint density at radius 1 is 1.28 bits per heavy atom. The molecule has 0 unspecified atom stereocenters. The number of halogens is 3. The molecule has 1 aromatic rings. The average molecular weight is 282 g/mol. The van der Waals surface area contributed by atoms with E-state index in [4.69, 9.17) is 4.74 Å². The van der Waals surface area contributed by atoms with E-state index in [9.17, 15) is 12.9 Å². The van der Waals surface area contributed by atoms with E-state index >= 15 is 0 Å². The number of hydrogen-bond acceptors (Lipinski definition) is 1. The zero-order chi connectivity index (χ0) is 13.1. The van der Waals surface area contributed by atoms with Crippen LogP contribution < -0.4 is 56.1 Å². The largest absolute Gasteiger partial charge is 1.00 e. The maximum absolute atomic E-state index is 12.3. The predicted octanol–water partition coefficient (Wildman–Crippen LogP) is 1.14. The van der Waals surface area contributed by atoms with Crippen molar-refractivity contribution < 1.29 is 69.1 Å². The van der Waals surface area contributed by atoms with Gasteiger partial charge in [0.1, 0.15) is 5.75 Å². The van der Waals surface area contributed by atoms with Gasteiger partial charge in [0.25, 0.3) is 0 Å². The van der Waals surface area contributed by atoms with Crippen LogP contribution in [0, 0.1) is 0 Å². The molecule has 0 spiro atoms. The summed E-state index contributed by atoms with van der Waals surface area (Å²) in [5.74, 6) is 0.694. The molecule has 1 nitrogen and oxygen atoms in total. The molecule has 0 heterocycles. The van der Waals surface area contributed by atoms with E-state index in [0.29, 0.717) is 5.75 Å². The van der Waals surface area contributed by atoms with Gasteiger partial charge in [0.15, 0.2) is 0 Å². The summed E-state index contributed by atoms with van der Waals surface area (Å²) in [4.78, 5) is 0. The van der Waals surface area contributed by atoms with Gasteiger partial charge in [-0.3, -0.25) is 0 Å². The molecule has 0 amide bonds. The van der Waals surface area contributed by atoms with Crippen LogP contribution in [0.5, 0.6) is 5.75 Å². The maximum atomic E-state index is 12.3. The first kappa shape index (κ1) is 18.3. The van der Waals surface area contributed by atoms with Crippen LogP contribution in [-0.4, -0.2) is 13.6 Å². The summed E-state index contributed by atoms with van der Waals surface area (Å²) in [6, 6.07) is 7.10. The minimum atomic E-state index is -5.02. The molecule has 0 aliphatic carbocycles. The second-order valence-corrected chi connectivity index (χ2v) is 4.21. The fourth-order valence-electron chi connectivity index (χ4n) is 1.35. The molecule has 6 heteroatoms. The molecule has 0 N–H and O–H groups in total. The number of ether oxygens (including phenoxy) is 1. The minimum absolute atomic E-state index is 0. The van der Waals surface area contributed by atoms with E-state index in [1.165, 1.54) is 0 Å². The maximum Gasteiger partial charge on any atom is 1.00 e. The molecule has 18 heavy (non-hydrogen) atoms. The Balaban J connectivity index is 0.00000289. The quantitative estimate of drug-likeness (QED) is 0.736.